The number of hydrogen-bond donors (Lipinski definition) is 1. The zero-order valence-corrected chi connectivity index (χ0v) is 23.2. The minimum Gasteiger partial charge on any atom is -0.463 e. The van der Waals surface area contributed by atoms with Crippen LogP contribution in [-0.2, 0) is 28.5 Å². The number of hydrogen-bond acceptors (Lipinski definition) is 7. The summed E-state index contributed by atoms with van der Waals surface area (Å²) >= 11 is 0. The summed E-state index contributed by atoms with van der Waals surface area (Å²) in [6.45, 7) is 12.3. The summed E-state index contributed by atoms with van der Waals surface area (Å²) in [4.78, 5) is 25.6. The second-order valence-corrected chi connectivity index (χ2v) is 14.8. The number of ether oxygens (including phenoxy) is 4. The van der Waals surface area contributed by atoms with Crippen molar-refractivity contribution in [3.63, 3.8) is 0 Å². The maximum absolute atomic E-state index is 14.0. The Bertz CT molecular complexity index is 1040. The molecule has 7 fully saturated rings. The normalized spacial score (nSPS) is 58.9. The molecular formula is C30H44O7. The van der Waals surface area contributed by atoms with Crippen molar-refractivity contribution in [3.05, 3.63) is 0 Å². The van der Waals surface area contributed by atoms with Gasteiger partial charge in [-0.05, 0) is 101 Å². The van der Waals surface area contributed by atoms with Crippen LogP contribution in [0.1, 0.15) is 92.9 Å². The number of esters is 2. The Morgan fingerprint density at radius 3 is 2.51 bits per heavy atom. The van der Waals surface area contributed by atoms with E-state index < -0.39 is 22.9 Å². The summed E-state index contributed by atoms with van der Waals surface area (Å²) in [6.07, 6.45) is 6.10. The Labute approximate surface area is 220 Å². The van der Waals surface area contributed by atoms with E-state index >= 15 is 0 Å². The van der Waals surface area contributed by atoms with Crippen LogP contribution in [-0.4, -0.2) is 52.3 Å². The van der Waals surface area contributed by atoms with Crippen LogP contribution in [0.3, 0.4) is 0 Å². The Balaban J connectivity index is 1.22. The van der Waals surface area contributed by atoms with E-state index in [0.717, 1.165) is 44.9 Å². The standard InChI is InChI=1S/C30H44O7/c1-15-13-30(37-26(15,3)4)28(6)24-22(35-30)12-20-19-8-7-17-11-18(34-16(2)31)9-10-27(17,5)23(19)21(32)14-29(20,24)25(33)36-28/h15,17-24,32H,7-14H2,1-6H3/t15-,17+,18+,19-,20-,21-,22-,23-,24+,27-,28+,29+,30-/m0/s1. The molecule has 0 bridgehead atoms. The highest BCUT2D eigenvalue weighted by atomic mass is 16.8. The number of carbonyl (C=O) groups excluding carboxylic acids is 2. The van der Waals surface area contributed by atoms with Crippen LogP contribution in [0.5, 0.6) is 0 Å². The molecule has 1 N–H and O–H groups in total. The highest BCUT2D eigenvalue weighted by molar-refractivity contribution is 5.83. The first-order valence-electron chi connectivity index (χ1n) is 14.7. The monoisotopic (exact) mass is 516 g/mol. The van der Waals surface area contributed by atoms with Gasteiger partial charge in [0, 0.05) is 19.3 Å². The van der Waals surface area contributed by atoms with E-state index in [1.54, 1.807) is 0 Å². The van der Waals surface area contributed by atoms with Crippen LogP contribution >= 0.6 is 0 Å². The molecule has 13 atom stereocenters. The third-order valence-electron chi connectivity index (χ3n) is 13.0. The van der Waals surface area contributed by atoms with Crippen LogP contribution in [0.2, 0.25) is 0 Å². The van der Waals surface area contributed by atoms with Crippen molar-refractivity contribution < 1.29 is 33.6 Å². The van der Waals surface area contributed by atoms with Gasteiger partial charge in [-0.3, -0.25) is 9.59 Å². The van der Waals surface area contributed by atoms with Crippen molar-refractivity contribution in [2.75, 3.05) is 0 Å². The summed E-state index contributed by atoms with van der Waals surface area (Å²) in [5.74, 6) is -0.0263. The first-order chi connectivity index (χ1) is 17.3. The van der Waals surface area contributed by atoms with E-state index in [2.05, 4.69) is 27.7 Å². The average molecular weight is 517 g/mol. The molecule has 0 aromatic heterocycles. The van der Waals surface area contributed by atoms with Crippen LogP contribution < -0.4 is 0 Å². The smallest absolute Gasteiger partial charge is 0.313 e. The van der Waals surface area contributed by atoms with E-state index in [-0.39, 0.29) is 64.8 Å². The summed E-state index contributed by atoms with van der Waals surface area (Å²) in [6, 6.07) is 0. The van der Waals surface area contributed by atoms with E-state index in [9.17, 15) is 14.7 Å². The predicted octanol–water partition coefficient (Wildman–Crippen LogP) is 4.38. The molecule has 3 saturated heterocycles. The van der Waals surface area contributed by atoms with Crippen LogP contribution in [0, 0.1) is 46.3 Å². The topological polar surface area (TPSA) is 91.3 Å². The molecule has 7 aliphatic rings. The highest BCUT2D eigenvalue weighted by Gasteiger charge is 2.85. The van der Waals surface area contributed by atoms with Gasteiger partial charge in [0.1, 0.15) is 6.10 Å². The number of fused-ring (bicyclic) bond motifs is 5. The molecule has 2 spiro atoms. The fraction of sp³-hybridized carbons (Fsp3) is 0.933. The summed E-state index contributed by atoms with van der Waals surface area (Å²) in [5.41, 5.74) is -1.89. The molecule has 7 rings (SSSR count). The van der Waals surface area contributed by atoms with E-state index in [1.807, 2.05) is 6.92 Å². The number of aliphatic hydroxyl groups is 1. The van der Waals surface area contributed by atoms with Gasteiger partial charge in [0.25, 0.3) is 0 Å². The predicted molar refractivity (Wildman–Crippen MR) is 133 cm³/mol. The first-order valence-corrected chi connectivity index (χ1v) is 14.7. The molecule has 4 aliphatic carbocycles. The second-order valence-electron chi connectivity index (χ2n) is 14.8. The van der Waals surface area contributed by atoms with Crippen molar-refractivity contribution in [2.24, 2.45) is 46.3 Å². The Kier molecular flexibility index (Phi) is 4.91. The SMILES string of the molecule is CC(=O)O[C@@H]1CC[C@@]2(C)[C@H](CC[C@@H]3[C@H]2[C@@H](O)C[C@]24C(=O)O[C@]5(C)[C@H]2[C@H](C[C@@H]34)O[C@]52C[C@H](C)C(C)(C)O2)C1. The molecule has 0 amide bonds. The molecule has 7 heteroatoms. The van der Waals surface area contributed by atoms with Crippen LogP contribution in [0.15, 0.2) is 0 Å². The van der Waals surface area contributed by atoms with Crippen molar-refractivity contribution in [1.82, 2.24) is 0 Å². The molecule has 7 nitrogen and oxygen atoms in total. The van der Waals surface area contributed by atoms with Gasteiger partial charge in [-0.2, -0.15) is 0 Å². The van der Waals surface area contributed by atoms with Gasteiger partial charge in [0.2, 0.25) is 5.79 Å². The summed E-state index contributed by atoms with van der Waals surface area (Å²) in [5, 5.41) is 11.9. The molecule has 3 aliphatic heterocycles. The molecule has 0 radical (unpaired) electrons. The first kappa shape index (κ1) is 24.8. The Hall–Kier alpha value is -1.18. The molecule has 0 aromatic rings. The van der Waals surface area contributed by atoms with E-state index in [1.165, 1.54) is 6.92 Å². The molecule has 0 unspecified atom stereocenters. The van der Waals surface area contributed by atoms with Crippen molar-refractivity contribution in [3.8, 4) is 0 Å². The van der Waals surface area contributed by atoms with E-state index in [4.69, 9.17) is 18.9 Å². The van der Waals surface area contributed by atoms with Crippen molar-refractivity contribution >= 4 is 11.9 Å². The van der Waals surface area contributed by atoms with Crippen LogP contribution in [0.25, 0.3) is 0 Å². The van der Waals surface area contributed by atoms with Gasteiger partial charge in [-0.1, -0.05) is 13.8 Å². The lowest BCUT2D eigenvalue weighted by atomic mass is 9.43. The zero-order chi connectivity index (χ0) is 26.3. The fourth-order valence-corrected chi connectivity index (χ4v) is 11.3. The Morgan fingerprint density at radius 1 is 1.08 bits per heavy atom. The van der Waals surface area contributed by atoms with Gasteiger partial charge in [0.05, 0.1) is 23.2 Å². The third kappa shape index (κ3) is 2.84. The van der Waals surface area contributed by atoms with Crippen molar-refractivity contribution in [1.29, 1.82) is 0 Å². The third-order valence-corrected chi connectivity index (χ3v) is 13.0. The number of rotatable bonds is 1. The largest absolute Gasteiger partial charge is 0.463 e. The minimum atomic E-state index is -0.907. The molecule has 0 aromatic carbocycles. The maximum Gasteiger partial charge on any atom is 0.313 e. The minimum absolute atomic E-state index is 0.0137. The molecule has 3 heterocycles. The highest BCUT2D eigenvalue weighted by Crippen LogP contribution is 2.76. The second kappa shape index (κ2) is 7.31. The fourth-order valence-electron chi connectivity index (χ4n) is 11.3. The quantitative estimate of drug-likeness (QED) is 0.517. The van der Waals surface area contributed by atoms with Gasteiger partial charge in [-0.25, -0.2) is 0 Å². The van der Waals surface area contributed by atoms with Gasteiger partial charge < -0.3 is 24.1 Å². The maximum atomic E-state index is 14.0. The summed E-state index contributed by atoms with van der Waals surface area (Å²) in [7, 11) is 0. The van der Waals surface area contributed by atoms with Crippen LogP contribution in [0.4, 0.5) is 0 Å². The van der Waals surface area contributed by atoms with Gasteiger partial charge in [0.15, 0.2) is 5.60 Å². The molecule has 4 saturated carbocycles. The molecule has 206 valence electrons. The number of carbonyl (C=O) groups is 2. The lowest BCUT2D eigenvalue weighted by Gasteiger charge is -2.61. The van der Waals surface area contributed by atoms with Gasteiger partial charge >= 0.3 is 11.9 Å². The lowest BCUT2D eigenvalue weighted by Crippen LogP contribution is -2.61. The summed E-state index contributed by atoms with van der Waals surface area (Å²) < 4.78 is 25.6. The van der Waals surface area contributed by atoms with Gasteiger partial charge in [-0.15, -0.1) is 0 Å². The number of aliphatic hydroxyl groups excluding tert-OH is 1. The molecule has 37 heavy (non-hydrogen) atoms. The zero-order valence-electron chi connectivity index (χ0n) is 23.2. The average Bonchev–Trinajstić information content (AvgIpc) is 3.39. The lowest BCUT2D eigenvalue weighted by molar-refractivity contribution is -0.291. The Morgan fingerprint density at radius 2 is 1.84 bits per heavy atom. The molecular weight excluding hydrogens is 472 g/mol. The van der Waals surface area contributed by atoms with E-state index in [0.29, 0.717) is 12.3 Å². The van der Waals surface area contributed by atoms with Crippen molar-refractivity contribution in [2.45, 2.75) is 128 Å².